The number of ether oxygens (including phenoxy) is 1. The number of hydrogen-bond acceptors (Lipinski definition) is 7. The van der Waals surface area contributed by atoms with Crippen LogP contribution >= 0.6 is 0 Å². The second kappa shape index (κ2) is 6.62. The van der Waals surface area contributed by atoms with Crippen molar-refractivity contribution in [3.05, 3.63) is 36.5 Å². The fourth-order valence-electron chi connectivity index (χ4n) is 4.05. The van der Waals surface area contributed by atoms with E-state index in [2.05, 4.69) is 30.9 Å². The molecule has 4 heterocycles. The van der Waals surface area contributed by atoms with Gasteiger partial charge in [0.2, 0.25) is 5.88 Å². The summed E-state index contributed by atoms with van der Waals surface area (Å²) in [5.41, 5.74) is 2.65. The quantitative estimate of drug-likeness (QED) is 0.652. The average Bonchev–Trinajstić information content (AvgIpc) is 3.32. The number of piperidine rings is 1. The van der Waals surface area contributed by atoms with Gasteiger partial charge in [0, 0.05) is 35.5 Å². The van der Waals surface area contributed by atoms with Crippen LogP contribution in [0.3, 0.4) is 0 Å². The van der Waals surface area contributed by atoms with E-state index < -0.39 is 0 Å². The Morgan fingerprint density at radius 2 is 1.81 bits per heavy atom. The van der Waals surface area contributed by atoms with Crippen LogP contribution in [0.4, 0.5) is 0 Å². The summed E-state index contributed by atoms with van der Waals surface area (Å²) < 4.78 is 6.03. The van der Waals surface area contributed by atoms with Gasteiger partial charge >= 0.3 is 0 Å². The lowest BCUT2D eigenvalue weighted by atomic mass is 10.0. The van der Waals surface area contributed by atoms with Crippen LogP contribution < -0.4 is 10.1 Å². The Balaban J connectivity index is 1.31. The summed E-state index contributed by atoms with van der Waals surface area (Å²) in [7, 11) is 0. The maximum Gasteiger partial charge on any atom is 0.233 e. The van der Waals surface area contributed by atoms with Crippen LogP contribution in [0, 0.1) is 0 Å². The van der Waals surface area contributed by atoms with Gasteiger partial charge < -0.3 is 15.2 Å². The molecule has 2 bridgehead atoms. The molecule has 0 radical (unpaired) electrons. The minimum atomic E-state index is 0.119. The third-order valence-electron chi connectivity index (χ3n) is 5.34. The molecule has 0 saturated carbocycles. The van der Waals surface area contributed by atoms with Crippen LogP contribution in [0.5, 0.6) is 11.6 Å². The summed E-state index contributed by atoms with van der Waals surface area (Å²) in [5.74, 6) is 0.650. The van der Waals surface area contributed by atoms with Crippen molar-refractivity contribution in [3.8, 4) is 34.1 Å². The minimum absolute atomic E-state index is 0.119. The Morgan fingerprint density at radius 3 is 2.48 bits per heavy atom. The molecule has 138 valence electrons. The van der Waals surface area contributed by atoms with E-state index in [1.54, 1.807) is 18.3 Å². The van der Waals surface area contributed by atoms with Gasteiger partial charge in [0.25, 0.3) is 0 Å². The highest BCUT2D eigenvalue weighted by Gasteiger charge is 2.34. The number of rotatable bonds is 4. The molecule has 3 atom stereocenters. The van der Waals surface area contributed by atoms with Gasteiger partial charge in [-0.15, -0.1) is 15.3 Å². The number of fused-ring (bicyclic) bond motifs is 2. The first-order valence-corrected chi connectivity index (χ1v) is 9.21. The fourth-order valence-corrected chi connectivity index (χ4v) is 4.05. The molecule has 2 fully saturated rings. The number of aromatic amines is 1. The molecule has 3 N–H and O–H groups in total. The predicted molar refractivity (Wildman–Crippen MR) is 98.1 cm³/mol. The topological polar surface area (TPSA) is 109 Å². The van der Waals surface area contributed by atoms with E-state index in [0.717, 1.165) is 18.4 Å². The maximum absolute atomic E-state index is 10.4. The van der Waals surface area contributed by atoms with Crippen molar-refractivity contribution in [2.75, 3.05) is 0 Å². The number of nitrogens with zero attached hydrogens (tertiary/aromatic N) is 4. The second-order valence-corrected chi connectivity index (χ2v) is 7.20. The second-order valence-electron chi connectivity index (χ2n) is 7.20. The Kier molecular flexibility index (Phi) is 3.97. The third kappa shape index (κ3) is 3.23. The molecule has 8 nitrogen and oxygen atoms in total. The number of aromatic nitrogens is 5. The maximum atomic E-state index is 10.4. The van der Waals surface area contributed by atoms with Gasteiger partial charge in [-0.3, -0.25) is 5.10 Å². The van der Waals surface area contributed by atoms with Crippen molar-refractivity contribution in [2.24, 2.45) is 0 Å². The number of H-pyrrole nitrogens is 1. The largest absolute Gasteiger partial charge is 0.507 e. The molecule has 5 rings (SSSR count). The van der Waals surface area contributed by atoms with Gasteiger partial charge in [-0.1, -0.05) is 11.3 Å². The number of aromatic hydroxyl groups is 1. The first-order valence-electron chi connectivity index (χ1n) is 9.21. The van der Waals surface area contributed by atoms with Gasteiger partial charge in [0.15, 0.2) is 0 Å². The molecule has 2 aromatic heterocycles. The van der Waals surface area contributed by atoms with E-state index in [-0.39, 0.29) is 11.9 Å². The molecule has 0 unspecified atom stereocenters. The summed E-state index contributed by atoms with van der Waals surface area (Å²) in [6.07, 6.45) is 6.37. The lowest BCUT2D eigenvalue weighted by Gasteiger charge is -2.28. The van der Waals surface area contributed by atoms with E-state index in [0.29, 0.717) is 34.9 Å². The molecular formula is C19H20N6O2. The lowest BCUT2D eigenvalue weighted by molar-refractivity contribution is 0.130. The first-order chi connectivity index (χ1) is 13.2. The van der Waals surface area contributed by atoms with Crippen LogP contribution in [0.1, 0.15) is 25.7 Å². The highest BCUT2D eigenvalue weighted by Crippen LogP contribution is 2.32. The van der Waals surface area contributed by atoms with Crippen molar-refractivity contribution in [1.82, 2.24) is 30.9 Å². The molecule has 0 amide bonds. The Hall–Kier alpha value is -3.00. The lowest BCUT2D eigenvalue weighted by Crippen LogP contribution is -2.42. The van der Waals surface area contributed by atoms with E-state index in [1.165, 1.54) is 12.8 Å². The van der Waals surface area contributed by atoms with Crippen molar-refractivity contribution < 1.29 is 9.84 Å². The van der Waals surface area contributed by atoms with Crippen LogP contribution in [0.2, 0.25) is 0 Å². The Morgan fingerprint density at radius 1 is 0.963 bits per heavy atom. The number of phenolic OH excluding ortho intramolecular Hbond substituents is 1. The molecule has 0 aliphatic carbocycles. The molecule has 8 heteroatoms. The molecule has 0 spiro atoms. The third-order valence-corrected chi connectivity index (χ3v) is 5.34. The average molecular weight is 364 g/mol. The van der Waals surface area contributed by atoms with Crippen molar-refractivity contribution in [1.29, 1.82) is 0 Å². The molecule has 27 heavy (non-hydrogen) atoms. The SMILES string of the molecule is Oc1cc(-c2c[nH]nn2)ccc1-c1ccc(O[C@H]2C[C@H]3CC[C@@H](C2)N3)nn1. The van der Waals surface area contributed by atoms with Gasteiger partial charge in [-0.25, -0.2) is 0 Å². The predicted octanol–water partition coefficient (Wildman–Crippen LogP) is 2.30. The number of phenols is 1. The van der Waals surface area contributed by atoms with E-state index in [9.17, 15) is 5.11 Å². The van der Waals surface area contributed by atoms with Crippen LogP contribution in [0.15, 0.2) is 36.5 Å². The smallest absolute Gasteiger partial charge is 0.233 e. The van der Waals surface area contributed by atoms with Crippen molar-refractivity contribution in [2.45, 2.75) is 43.9 Å². The summed E-state index contributed by atoms with van der Waals surface area (Å²) in [6, 6.07) is 10.1. The van der Waals surface area contributed by atoms with Crippen LogP contribution in [0.25, 0.3) is 22.5 Å². The molecule has 3 aromatic rings. The van der Waals surface area contributed by atoms with E-state index >= 15 is 0 Å². The Bertz CT molecular complexity index is 916. The van der Waals surface area contributed by atoms with Gasteiger partial charge in [-0.05, 0) is 43.9 Å². The fraction of sp³-hybridized carbons (Fsp3) is 0.368. The van der Waals surface area contributed by atoms with Crippen LogP contribution in [-0.2, 0) is 0 Å². The van der Waals surface area contributed by atoms with Gasteiger partial charge in [0.05, 0.1) is 5.69 Å². The van der Waals surface area contributed by atoms with E-state index in [1.807, 2.05) is 18.2 Å². The molecule has 1 aromatic carbocycles. The molecule has 2 saturated heterocycles. The minimum Gasteiger partial charge on any atom is -0.507 e. The monoisotopic (exact) mass is 364 g/mol. The van der Waals surface area contributed by atoms with Crippen molar-refractivity contribution in [3.63, 3.8) is 0 Å². The number of nitrogens with one attached hydrogen (secondary N) is 2. The molecule has 2 aliphatic heterocycles. The summed E-state index contributed by atoms with van der Waals surface area (Å²) in [5, 5.41) is 32.7. The molecule has 2 aliphatic rings. The summed E-state index contributed by atoms with van der Waals surface area (Å²) >= 11 is 0. The van der Waals surface area contributed by atoms with E-state index in [4.69, 9.17) is 4.74 Å². The summed E-state index contributed by atoms with van der Waals surface area (Å²) in [4.78, 5) is 0. The number of benzene rings is 1. The van der Waals surface area contributed by atoms with Crippen molar-refractivity contribution >= 4 is 0 Å². The summed E-state index contributed by atoms with van der Waals surface area (Å²) in [6.45, 7) is 0. The zero-order valence-electron chi connectivity index (χ0n) is 14.7. The number of hydrogen-bond donors (Lipinski definition) is 3. The molecular weight excluding hydrogens is 344 g/mol. The van der Waals surface area contributed by atoms with Gasteiger partial charge in [-0.2, -0.15) is 0 Å². The highest BCUT2D eigenvalue weighted by atomic mass is 16.5. The standard InChI is InChI=1S/C19H20N6O2/c26-18-7-11(17-10-20-25-23-17)1-4-15(18)16-5-6-19(24-22-16)27-14-8-12-2-3-13(9-14)21-12/h1,4-7,10,12-14,21,26H,2-3,8-9H2,(H,20,23,25)/t12-,13+,14+. The first kappa shape index (κ1) is 16.2. The zero-order valence-corrected chi connectivity index (χ0v) is 14.7. The zero-order chi connectivity index (χ0) is 18.2. The highest BCUT2D eigenvalue weighted by molar-refractivity contribution is 5.72. The Labute approximate surface area is 156 Å². The van der Waals surface area contributed by atoms with Crippen LogP contribution in [-0.4, -0.2) is 48.9 Å². The normalized spacial score (nSPS) is 24.1. The van der Waals surface area contributed by atoms with Gasteiger partial charge in [0.1, 0.15) is 17.5 Å².